The molecule has 2 rings (SSSR count). The molecule has 0 saturated heterocycles. The second-order valence-corrected chi connectivity index (χ2v) is 6.56. The SMILES string of the molecule is CC(C)(C)CCCC1CNc2ccccc2C1. The number of anilines is 1. The van der Waals surface area contributed by atoms with Gasteiger partial charge in [-0.05, 0) is 42.2 Å². The molecule has 1 atom stereocenters. The highest BCUT2D eigenvalue weighted by Gasteiger charge is 2.18. The van der Waals surface area contributed by atoms with Gasteiger partial charge in [0, 0.05) is 12.2 Å². The number of hydrogen-bond donors (Lipinski definition) is 1. The van der Waals surface area contributed by atoms with Gasteiger partial charge in [0.2, 0.25) is 0 Å². The van der Waals surface area contributed by atoms with E-state index >= 15 is 0 Å². The van der Waals surface area contributed by atoms with Crippen LogP contribution in [-0.2, 0) is 6.42 Å². The van der Waals surface area contributed by atoms with Crippen LogP contribution in [-0.4, -0.2) is 6.54 Å². The number of nitrogens with one attached hydrogen (secondary N) is 1. The Morgan fingerprint density at radius 1 is 1.24 bits per heavy atom. The Morgan fingerprint density at radius 3 is 2.76 bits per heavy atom. The molecule has 1 nitrogen and oxygen atoms in total. The molecule has 0 aromatic heterocycles. The molecule has 0 aliphatic carbocycles. The standard InChI is InChI=1S/C16H25N/c1-16(2,3)10-6-7-13-11-14-8-4-5-9-15(14)17-12-13/h4-5,8-9,13,17H,6-7,10-12H2,1-3H3. The molecule has 0 saturated carbocycles. The molecule has 1 aromatic rings. The van der Waals surface area contributed by atoms with E-state index in [4.69, 9.17) is 0 Å². The topological polar surface area (TPSA) is 12.0 Å². The highest BCUT2D eigenvalue weighted by atomic mass is 14.9. The lowest BCUT2D eigenvalue weighted by molar-refractivity contribution is 0.338. The van der Waals surface area contributed by atoms with E-state index in [2.05, 4.69) is 50.4 Å². The van der Waals surface area contributed by atoms with Crippen molar-refractivity contribution in [1.29, 1.82) is 0 Å². The monoisotopic (exact) mass is 231 g/mol. The maximum Gasteiger partial charge on any atom is 0.0372 e. The van der Waals surface area contributed by atoms with Crippen LogP contribution in [0.15, 0.2) is 24.3 Å². The Kier molecular flexibility index (Phi) is 3.76. The molecule has 0 spiro atoms. The van der Waals surface area contributed by atoms with E-state index in [1.54, 1.807) is 0 Å². The van der Waals surface area contributed by atoms with Gasteiger partial charge in [0.1, 0.15) is 0 Å². The minimum atomic E-state index is 0.486. The van der Waals surface area contributed by atoms with Crippen LogP contribution in [0, 0.1) is 11.3 Å². The van der Waals surface area contributed by atoms with E-state index in [0.29, 0.717) is 5.41 Å². The maximum atomic E-state index is 3.56. The van der Waals surface area contributed by atoms with Crippen molar-refractivity contribution in [2.75, 3.05) is 11.9 Å². The highest BCUT2D eigenvalue weighted by Crippen LogP contribution is 2.29. The highest BCUT2D eigenvalue weighted by molar-refractivity contribution is 5.53. The fourth-order valence-electron chi connectivity index (χ4n) is 2.63. The molecule has 1 N–H and O–H groups in total. The van der Waals surface area contributed by atoms with Crippen molar-refractivity contribution < 1.29 is 0 Å². The zero-order valence-corrected chi connectivity index (χ0v) is 11.4. The lowest BCUT2D eigenvalue weighted by Crippen LogP contribution is -2.23. The van der Waals surface area contributed by atoms with Crippen LogP contribution in [0.4, 0.5) is 5.69 Å². The predicted molar refractivity (Wildman–Crippen MR) is 75.4 cm³/mol. The molecule has 1 unspecified atom stereocenters. The van der Waals surface area contributed by atoms with Gasteiger partial charge < -0.3 is 5.32 Å². The fraction of sp³-hybridized carbons (Fsp3) is 0.625. The van der Waals surface area contributed by atoms with Crippen LogP contribution in [0.3, 0.4) is 0 Å². The summed E-state index contributed by atoms with van der Waals surface area (Å²) >= 11 is 0. The quantitative estimate of drug-likeness (QED) is 0.808. The predicted octanol–water partition coefficient (Wildman–Crippen LogP) is 4.49. The first kappa shape index (κ1) is 12.5. The van der Waals surface area contributed by atoms with Crippen LogP contribution >= 0.6 is 0 Å². The molecule has 1 aromatic carbocycles. The van der Waals surface area contributed by atoms with Crippen molar-refractivity contribution in [1.82, 2.24) is 0 Å². The molecular formula is C16H25N. The zero-order chi connectivity index (χ0) is 12.3. The first-order chi connectivity index (χ1) is 8.04. The van der Waals surface area contributed by atoms with Crippen LogP contribution in [0.25, 0.3) is 0 Å². The van der Waals surface area contributed by atoms with Crippen LogP contribution < -0.4 is 5.32 Å². The van der Waals surface area contributed by atoms with E-state index < -0.39 is 0 Å². The molecule has 94 valence electrons. The lowest BCUT2D eigenvalue weighted by Gasteiger charge is -2.27. The van der Waals surface area contributed by atoms with Gasteiger partial charge in [-0.15, -0.1) is 0 Å². The van der Waals surface area contributed by atoms with Crippen molar-refractivity contribution in [2.45, 2.75) is 46.5 Å². The summed E-state index contributed by atoms with van der Waals surface area (Å²) in [5, 5.41) is 3.56. The van der Waals surface area contributed by atoms with E-state index in [1.165, 1.54) is 36.9 Å². The third-order valence-corrected chi connectivity index (χ3v) is 3.65. The summed E-state index contributed by atoms with van der Waals surface area (Å²) < 4.78 is 0. The second-order valence-electron chi connectivity index (χ2n) is 6.56. The third-order valence-electron chi connectivity index (χ3n) is 3.65. The van der Waals surface area contributed by atoms with Gasteiger partial charge in [-0.2, -0.15) is 0 Å². The molecule has 0 bridgehead atoms. The molecule has 0 fully saturated rings. The molecule has 17 heavy (non-hydrogen) atoms. The third kappa shape index (κ3) is 3.76. The largest absolute Gasteiger partial charge is 0.385 e. The summed E-state index contributed by atoms with van der Waals surface area (Å²) in [5.74, 6) is 0.826. The first-order valence-electron chi connectivity index (χ1n) is 6.86. The number of hydrogen-bond acceptors (Lipinski definition) is 1. The van der Waals surface area contributed by atoms with Crippen LogP contribution in [0.1, 0.15) is 45.6 Å². The minimum absolute atomic E-state index is 0.486. The maximum absolute atomic E-state index is 3.56. The Bertz CT molecular complexity index is 362. The first-order valence-corrected chi connectivity index (χ1v) is 6.86. The van der Waals surface area contributed by atoms with Gasteiger partial charge in [0.15, 0.2) is 0 Å². The summed E-state index contributed by atoms with van der Waals surface area (Å²) in [5.41, 5.74) is 3.33. The Hall–Kier alpha value is -0.980. The normalized spacial score (nSPS) is 19.6. The zero-order valence-electron chi connectivity index (χ0n) is 11.4. The average molecular weight is 231 g/mol. The number of fused-ring (bicyclic) bond motifs is 1. The molecular weight excluding hydrogens is 206 g/mol. The second kappa shape index (κ2) is 5.12. The Labute approximate surface area is 106 Å². The molecule has 1 aliphatic rings. The van der Waals surface area contributed by atoms with Crippen molar-refractivity contribution in [3.8, 4) is 0 Å². The van der Waals surface area contributed by atoms with E-state index in [9.17, 15) is 0 Å². The van der Waals surface area contributed by atoms with E-state index in [1.807, 2.05) is 0 Å². The Balaban J connectivity index is 1.82. The number of benzene rings is 1. The number of para-hydroxylation sites is 1. The summed E-state index contributed by atoms with van der Waals surface area (Å²) in [6, 6.07) is 8.72. The molecule has 0 amide bonds. The van der Waals surface area contributed by atoms with Gasteiger partial charge in [0.25, 0.3) is 0 Å². The summed E-state index contributed by atoms with van der Waals surface area (Å²) in [7, 11) is 0. The van der Waals surface area contributed by atoms with Gasteiger partial charge in [-0.25, -0.2) is 0 Å². The summed E-state index contributed by atoms with van der Waals surface area (Å²) in [4.78, 5) is 0. The van der Waals surface area contributed by atoms with E-state index in [0.717, 1.165) is 12.5 Å². The van der Waals surface area contributed by atoms with Crippen LogP contribution in [0.2, 0.25) is 0 Å². The lowest BCUT2D eigenvalue weighted by atomic mass is 9.85. The fourth-order valence-corrected chi connectivity index (χ4v) is 2.63. The molecule has 1 aliphatic heterocycles. The van der Waals surface area contributed by atoms with Crippen molar-refractivity contribution in [2.24, 2.45) is 11.3 Å². The molecule has 1 heterocycles. The van der Waals surface area contributed by atoms with Crippen molar-refractivity contribution in [3.63, 3.8) is 0 Å². The van der Waals surface area contributed by atoms with Gasteiger partial charge in [-0.3, -0.25) is 0 Å². The van der Waals surface area contributed by atoms with Gasteiger partial charge >= 0.3 is 0 Å². The van der Waals surface area contributed by atoms with Crippen molar-refractivity contribution >= 4 is 5.69 Å². The summed E-state index contributed by atoms with van der Waals surface area (Å²) in [6.07, 6.45) is 5.31. The smallest absolute Gasteiger partial charge is 0.0372 e. The van der Waals surface area contributed by atoms with Gasteiger partial charge in [-0.1, -0.05) is 45.4 Å². The molecule has 0 radical (unpaired) electrons. The number of rotatable bonds is 3. The summed E-state index contributed by atoms with van der Waals surface area (Å²) in [6.45, 7) is 8.16. The van der Waals surface area contributed by atoms with Gasteiger partial charge in [0.05, 0.1) is 0 Å². The molecule has 1 heteroatoms. The Morgan fingerprint density at radius 2 is 2.00 bits per heavy atom. The minimum Gasteiger partial charge on any atom is -0.385 e. The average Bonchev–Trinajstić information content (AvgIpc) is 2.27. The van der Waals surface area contributed by atoms with Crippen LogP contribution in [0.5, 0.6) is 0 Å². The van der Waals surface area contributed by atoms with E-state index in [-0.39, 0.29) is 0 Å². The van der Waals surface area contributed by atoms with Crippen molar-refractivity contribution in [3.05, 3.63) is 29.8 Å².